The van der Waals surface area contributed by atoms with E-state index in [1.165, 1.54) is 23.9 Å². The van der Waals surface area contributed by atoms with Crippen LogP contribution in [-0.4, -0.2) is 25.9 Å². The van der Waals surface area contributed by atoms with Gasteiger partial charge in [-0.15, -0.1) is 16.8 Å². The second-order valence-corrected chi connectivity index (χ2v) is 6.56. The number of hydrogen-bond donors (Lipinski definition) is 1. The molecule has 0 aliphatic carbocycles. The van der Waals surface area contributed by atoms with Crippen molar-refractivity contribution >= 4 is 23.4 Å². The first kappa shape index (κ1) is 19.0. The van der Waals surface area contributed by atoms with E-state index < -0.39 is 17.0 Å². The Morgan fingerprint density at radius 3 is 2.56 bits per heavy atom. The number of halogens is 3. The number of amides is 1. The molecule has 1 aromatic carbocycles. The van der Waals surface area contributed by atoms with Crippen LogP contribution in [0.4, 0.5) is 18.9 Å². The highest BCUT2D eigenvalue weighted by molar-refractivity contribution is 8.00. The van der Waals surface area contributed by atoms with Gasteiger partial charge in [-0.25, -0.2) is 0 Å². The van der Waals surface area contributed by atoms with Gasteiger partial charge in [0.2, 0.25) is 5.91 Å². The van der Waals surface area contributed by atoms with Crippen molar-refractivity contribution in [3.8, 4) is 0 Å². The first-order chi connectivity index (χ1) is 11.7. The molecule has 9 heteroatoms. The minimum atomic E-state index is -4.40. The molecule has 0 bridgehead atoms. The number of nitrogens with zero attached hydrogens (tertiary/aromatic N) is 3. The van der Waals surface area contributed by atoms with Gasteiger partial charge in [0, 0.05) is 12.2 Å². The van der Waals surface area contributed by atoms with Crippen molar-refractivity contribution in [3.63, 3.8) is 0 Å². The summed E-state index contributed by atoms with van der Waals surface area (Å²) in [6.07, 6.45) is -2.70. The minimum absolute atomic E-state index is 0.300. The summed E-state index contributed by atoms with van der Waals surface area (Å²) in [7, 11) is 0. The normalized spacial score (nSPS) is 12.7. The number of anilines is 1. The number of aryl methyl sites for hydroxylation is 1. The van der Waals surface area contributed by atoms with Crippen LogP contribution in [0.5, 0.6) is 0 Å². The van der Waals surface area contributed by atoms with E-state index in [0.29, 0.717) is 23.2 Å². The van der Waals surface area contributed by atoms with Crippen LogP contribution in [0.25, 0.3) is 0 Å². The first-order valence-electron chi connectivity index (χ1n) is 7.38. The molecule has 1 heterocycles. The van der Waals surface area contributed by atoms with Crippen molar-refractivity contribution < 1.29 is 18.0 Å². The summed E-state index contributed by atoms with van der Waals surface area (Å²) < 4.78 is 39.4. The lowest BCUT2D eigenvalue weighted by molar-refractivity contribution is -0.137. The van der Waals surface area contributed by atoms with E-state index in [2.05, 4.69) is 22.1 Å². The van der Waals surface area contributed by atoms with Crippen molar-refractivity contribution in [2.24, 2.45) is 0 Å². The summed E-state index contributed by atoms with van der Waals surface area (Å²) in [5.74, 6) is 0.369. The van der Waals surface area contributed by atoms with Crippen LogP contribution in [-0.2, 0) is 17.5 Å². The fourth-order valence-electron chi connectivity index (χ4n) is 1.99. The number of allylic oxidation sites excluding steroid dienone is 1. The Morgan fingerprint density at radius 1 is 1.36 bits per heavy atom. The first-order valence-corrected chi connectivity index (χ1v) is 8.26. The number of alkyl halides is 3. The molecule has 0 radical (unpaired) electrons. The number of thioether (sulfide) groups is 1. The zero-order chi connectivity index (χ0) is 18.6. The van der Waals surface area contributed by atoms with Crippen LogP contribution >= 0.6 is 11.8 Å². The number of aromatic nitrogens is 3. The van der Waals surface area contributed by atoms with Gasteiger partial charge in [0.1, 0.15) is 5.82 Å². The molecule has 2 aromatic rings. The Morgan fingerprint density at radius 2 is 2.00 bits per heavy atom. The number of hydrogen-bond acceptors (Lipinski definition) is 4. The third kappa shape index (κ3) is 4.85. The molecule has 0 aliphatic rings. The lowest BCUT2D eigenvalue weighted by Gasteiger charge is -2.13. The lowest BCUT2D eigenvalue weighted by atomic mass is 10.2. The summed E-state index contributed by atoms with van der Waals surface area (Å²) in [5.41, 5.74) is -0.463. The number of carbonyl (C=O) groups excluding carboxylic acids is 1. The Labute approximate surface area is 147 Å². The molecule has 1 amide bonds. The predicted octanol–water partition coefficient (Wildman–Crippen LogP) is 3.91. The highest BCUT2D eigenvalue weighted by Crippen LogP contribution is 2.30. The summed E-state index contributed by atoms with van der Waals surface area (Å²) in [4.78, 5) is 12.2. The molecule has 0 fully saturated rings. The van der Waals surface area contributed by atoms with Gasteiger partial charge < -0.3 is 9.88 Å². The van der Waals surface area contributed by atoms with Crippen LogP contribution in [0.3, 0.4) is 0 Å². The third-order valence-electron chi connectivity index (χ3n) is 3.34. The molecule has 1 atom stereocenters. The Bertz CT molecular complexity index is 756. The molecule has 0 saturated heterocycles. The molecule has 1 N–H and O–H groups in total. The molecular formula is C16H17F3N4OS. The maximum Gasteiger partial charge on any atom is 0.416 e. The maximum atomic E-state index is 12.5. The summed E-state index contributed by atoms with van der Waals surface area (Å²) in [5, 5.41) is 10.7. The van der Waals surface area contributed by atoms with Gasteiger partial charge in [0.25, 0.3) is 0 Å². The number of carbonyl (C=O) groups is 1. The van der Waals surface area contributed by atoms with Crippen molar-refractivity contribution in [3.05, 3.63) is 48.3 Å². The average Bonchev–Trinajstić information content (AvgIpc) is 2.88. The van der Waals surface area contributed by atoms with Crippen molar-refractivity contribution in [1.82, 2.24) is 14.8 Å². The fraction of sp³-hybridized carbons (Fsp3) is 0.312. The quantitative estimate of drug-likeness (QED) is 0.619. The van der Waals surface area contributed by atoms with E-state index in [4.69, 9.17) is 0 Å². The summed E-state index contributed by atoms with van der Waals surface area (Å²) in [6, 6.07) is 4.31. The van der Waals surface area contributed by atoms with Crippen molar-refractivity contribution in [2.45, 2.75) is 37.0 Å². The molecule has 1 aromatic heterocycles. The maximum absolute atomic E-state index is 12.5. The van der Waals surface area contributed by atoms with E-state index in [0.717, 1.165) is 12.1 Å². The van der Waals surface area contributed by atoms with E-state index in [1.807, 2.05) is 4.57 Å². The topological polar surface area (TPSA) is 59.8 Å². The van der Waals surface area contributed by atoms with Gasteiger partial charge in [0.05, 0.1) is 10.8 Å². The number of benzene rings is 1. The molecule has 0 saturated carbocycles. The van der Waals surface area contributed by atoms with Crippen LogP contribution in [0.1, 0.15) is 18.3 Å². The number of nitrogens with one attached hydrogen (secondary N) is 1. The SMILES string of the molecule is C=CCn1c(C)nnc1S[C@H](C)C(=O)Nc1ccc(C(F)(F)F)cc1. The Hall–Kier alpha value is -2.29. The van der Waals surface area contributed by atoms with Crippen molar-refractivity contribution in [1.29, 1.82) is 0 Å². The molecule has 25 heavy (non-hydrogen) atoms. The predicted molar refractivity (Wildman–Crippen MR) is 90.3 cm³/mol. The van der Waals surface area contributed by atoms with Crippen LogP contribution in [0, 0.1) is 6.92 Å². The van der Waals surface area contributed by atoms with Gasteiger partial charge in [0.15, 0.2) is 5.16 Å². The lowest BCUT2D eigenvalue weighted by Crippen LogP contribution is -2.23. The van der Waals surface area contributed by atoms with Gasteiger partial charge in [-0.3, -0.25) is 4.79 Å². The molecular weight excluding hydrogens is 353 g/mol. The monoisotopic (exact) mass is 370 g/mol. The van der Waals surface area contributed by atoms with Gasteiger partial charge in [-0.2, -0.15) is 13.2 Å². The largest absolute Gasteiger partial charge is 0.416 e. The molecule has 5 nitrogen and oxygen atoms in total. The highest BCUT2D eigenvalue weighted by atomic mass is 32.2. The van der Waals surface area contributed by atoms with E-state index >= 15 is 0 Å². The van der Waals surface area contributed by atoms with Crippen LogP contribution in [0.15, 0.2) is 42.1 Å². The summed E-state index contributed by atoms with van der Waals surface area (Å²) >= 11 is 1.22. The van der Waals surface area contributed by atoms with E-state index in [-0.39, 0.29) is 5.91 Å². The zero-order valence-electron chi connectivity index (χ0n) is 13.7. The van der Waals surface area contributed by atoms with E-state index in [1.54, 1.807) is 19.9 Å². The molecule has 0 unspecified atom stereocenters. The van der Waals surface area contributed by atoms with Crippen LogP contribution < -0.4 is 5.32 Å². The van der Waals surface area contributed by atoms with Crippen LogP contribution in [0.2, 0.25) is 0 Å². The smallest absolute Gasteiger partial charge is 0.325 e. The molecule has 0 aliphatic heterocycles. The minimum Gasteiger partial charge on any atom is -0.325 e. The highest BCUT2D eigenvalue weighted by Gasteiger charge is 2.30. The van der Waals surface area contributed by atoms with Gasteiger partial charge in [-0.05, 0) is 38.1 Å². The second kappa shape index (κ2) is 7.73. The summed E-state index contributed by atoms with van der Waals surface area (Å²) in [6.45, 7) is 7.68. The molecule has 0 spiro atoms. The standard InChI is InChI=1S/C16H17F3N4OS/c1-4-9-23-11(3)21-22-15(23)25-10(2)14(24)20-13-7-5-12(6-8-13)16(17,18)19/h4-8,10H,1,9H2,2-3H3,(H,20,24)/t10-/m1/s1. The average molecular weight is 370 g/mol. The molecule has 134 valence electrons. The second-order valence-electron chi connectivity index (χ2n) is 5.25. The molecule has 2 rings (SSSR count). The van der Waals surface area contributed by atoms with Gasteiger partial charge in [-0.1, -0.05) is 17.8 Å². The Balaban J connectivity index is 2.02. The Kier molecular flexibility index (Phi) is 5.89. The van der Waals surface area contributed by atoms with E-state index in [9.17, 15) is 18.0 Å². The van der Waals surface area contributed by atoms with Gasteiger partial charge >= 0.3 is 6.18 Å². The van der Waals surface area contributed by atoms with Crippen molar-refractivity contribution in [2.75, 3.05) is 5.32 Å². The third-order valence-corrected chi connectivity index (χ3v) is 4.43. The fourth-order valence-corrected chi connectivity index (χ4v) is 2.89. The zero-order valence-corrected chi connectivity index (χ0v) is 14.5. The number of rotatable bonds is 6.